The van der Waals surface area contributed by atoms with E-state index >= 15 is 0 Å². The molecule has 27 heavy (non-hydrogen) atoms. The van der Waals surface area contributed by atoms with Gasteiger partial charge in [-0.05, 0) is 48.9 Å². The van der Waals surface area contributed by atoms with Gasteiger partial charge in [-0.25, -0.2) is 8.78 Å². The molecule has 0 aliphatic carbocycles. The van der Waals surface area contributed by atoms with Gasteiger partial charge in [-0.15, -0.1) is 21.5 Å². The Morgan fingerprint density at radius 1 is 1.30 bits per heavy atom. The normalized spacial score (nSPS) is 18.1. The second-order valence-electron chi connectivity index (χ2n) is 6.46. The van der Waals surface area contributed by atoms with Crippen molar-refractivity contribution in [2.24, 2.45) is 0 Å². The van der Waals surface area contributed by atoms with Crippen LogP contribution in [0.1, 0.15) is 30.6 Å². The Labute approximate surface area is 164 Å². The number of benzene rings is 1. The number of nitrogens with zero attached hydrogens (tertiary/aromatic N) is 3. The maximum absolute atomic E-state index is 13.6. The number of halogens is 2. The Bertz CT molecular complexity index is 908. The van der Waals surface area contributed by atoms with Crippen molar-refractivity contribution in [3.8, 4) is 10.7 Å². The zero-order chi connectivity index (χ0) is 18.8. The third-order valence-corrected chi connectivity index (χ3v) is 6.57. The highest BCUT2D eigenvalue weighted by molar-refractivity contribution is 7.99. The van der Waals surface area contributed by atoms with Crippen LogP contribution >= 0.6 is 23.1 Å². The second-order valence-corrected chi connectivity index (χ2v) is 8.72. The van der Waals surface area contributed by atoms with Gasteiger partial charge in [0.05, 0.1) is 17.5 Å². The van der Waals surface area contributed by atoms with Crippen LogP contribution in [-0.2, 0) is 11.3 Å². The predicted molar refractivity (Wildman–Crippen MR) is 103 cm³/mol. The molecule has 2 atom stereocenters. The number of hydrogen-bond donors (Lipinski definition) is 0. The fourth-order valence-electron chi connectivity index (χ4n) is 3.11. The molecular weight excluding hydrogens is 388 g/mol. The van der Waals surface area contributed by atoms with Crippen molar-refractivity contribution in [3.05, 3.63) is 52.9 Å². The molecular formula is C19H19F2N3OS2. The maximum atomic E-state index is 13.6. The summed E-state index contributed by atoms with van der Waals surface area (Å²) in [6.07, 6.45) is 2.23. The fraction of sp³-hybridized carbons (Fsp3) is 0.368. The molecule has 3 heterocycles. The number of ether oxygens (including phenoxy) is 1. The van der Waals surface area contributed by atoms with Gasteiger partial charge in [-0.2, -0.15) is 0 Å². The molecule has 1 fully saturated rings. The molecule has 1 aliphatic heterocycles. The monoisotopic (exact) mass is 407 g/mol. The van der Waals surface area contributed by atoms with Crippen molar-refractivity contribution in [1.29, 1.82) is 0 Å². The molecule has 0 spiro atoms. The van der Waals surface area contributed by atoms with Crippen molar-refractivity contribution >= 4 is 23.1 Å². The Kier molecular flexibility index (Phi) is 5.56. The topological polar surface area (TPSA) is 39.9 Å². The summed E-state index contributed by atoms with van der Waals surface area (Å²) in [6.45, 7) is 3.43. The zero-order valence-corrected chi connectivity index (χ0v) is 16.4. The van der Waals surface area contributed by atoms with Crippen molar-refractivity contribution in [1.82, 2.24) is 14.8 Å². The number of hydrogen-bond acceptors (Lipinski definition) is 5. The number of rotatable bonds is 6. The molecule has 3 aromatic rings. The first-order valence-corrected chi connectivity index (χ1v) is 10.6. The van der Waals surface area contributed by atoms with Gasteiger partial charge in [0.1, 0.15) is 0 Å². The SMILES string of the molecule is CC(Sc1nnc(-c2cccs2)n1CC1CCCO1)c1ccc(F)c(F)c1. The Hall–Kier alpha value is -1.77. The number of thioether (sulfide) groups is 1. The van der Waals surface area contributed by atoms with Gasteiger partial charge in [-0.3, -0.25) is 4.57 Å². The van der Waals surface area contributed by atoms with Crippen LogP contribution in [0.25, 0.3) is 10.7 Å². The standard InChI is InChI=1S/C19H19F2N3OS2/c1-12(13-6-7-15(20)16(21)10-13)27-19-23-22-18(17-5-3-9-26-17)24(19)11-14-4-2-8-25-14/h3,5-7,9-10,12,14H,2,4,8,11H2,1H3. The fourth-order valence-corrected chi connectivity index (χ4v) is 4.80. The van der Waals surface area contributed by atoms with Gasteiger partial charge in [0.25, 0.3) is 0 Å². The van der Waals surface area contributed by atoms with Gasteiger partial charge in [0, 0.05) is 11.9 Å². The highest BCUT2D eigenvalue weighted by Gasteiger charge is 2.23. The van der Waals surface area contributed by atoms with E-state index in [1.54, 1.807) is 17.4 Å². The lowest BCUT2D eigenvalue weighted by atomic mass is 10.1. The first kappa shape index (κ1) is 18.6. The highest BCUT2D eigenvalue weighted by atomic mass is 32.2. The molecule has 142 valence electrons. The van der Waals surface area contributed by atoms with Crippen LogP contribution in [0.2, 0.25) is 0 Å². The summed E-state index contributed by atoms with van der Waals surface area (Å²) in [7, 11) is 0. The first-order valence-electron chi connectivity index (χ1n) is 8.82. The van der Waals surface area contributed by atoms with Crippen LogP contribution in [0.3, 0.4) is 0 Å². The summed E-state index contributed by atoms with van der Waals surface area (Å²) in [5.41, 5.74) is 0.711. The van der Waals surface area contributed by atoms with Crippen LogP contribution < -0.4 is 0 Å². The largest absolute Gasteiger partial charge is 0.376 e. The molecule has 2 unspecified atom stereocenters. The van der Waals surface area contributed by atoms with Crippen molar-refractivity contribution < 1.29 is 13.5 Å². The van der Waals surface area contributed by atoms with Gasteiger partial charge in [0.2, 0.25) is 0 Å². The second kappa shape index (κ2) is 8.08. The lowest BCUT2D eigenvalue weighted by molar-refractivity contribution is 0.0953. The summed E-state index contributed by atoms with van der Waals surface area (Å²) in [4.78, 5) is 1.05. The van der Waals surface area contributed by atoms with Crippen LogP contribution in [-0.4, -0.2) is 27.5 Å². The van der Waals surface area contributed by atoms with E-state index in [1.807, 2.05) is 24.4 Å². The van der Waals surface area contributed by atoms with Gasteiger partial charge in [0.15, 0.2) is 22.6 Å². The van der Waals surface area contributed by atoms with E-state index in [-0.39, 0.29) is 11.4 Å². The third kappa shape index (κ3) is 4.07. The van der Waals surface area contributed by atoms with E-state index in [0.29, 0.717) is 12.1 Å². The first-order chi connectivity index (χ1) is 13.1. The molecule has 0 amide bonds. The molecule has 4 nitrogen and oxygen atoms in total. The highest BCUT2D eigenvalue weighted by Crippen LogP contribution is 2.37. The lowest BCUT2D eigenvalue weighted by Crippen LogP contribution is -2.16. The zero-order valence-electron chi connectivity index (χ0n) is 14.8. The Balaban J connectivity index is 1.62. The quantitative estimate of drug-likeness (QED) is 0.519. The lowest BCUT2D eigenvalue weighted by Gasteiger charge is -2.16. The van der Waals surface area contributed by atoms with E-state index in [2.05, 4.69) is 14.8 Å². The summed E-state index contributed by atoms with van der Waals surface area (Å²) in [5, 5.41) is 11.4. The molecule has 0 N–H and O–H groups in total. The van der Waals surface area contributed by atoms with E-state index in [4.69, 9.17) is 4.74 Å². The van der Waals surface area contributed by atoms with Gasteiger partial charge < -0.3 is 4.74 Å². The van der Waals surface area contributed by atoms with Crippen molar-refractivity contribution in [2.75, 3.05) is 6.61 Å². The average Bonchev–Trinajstić information content (AvgIpc) is 3.40. The summed E-state index contributed by atoms with van der Waals surface area (Å²) < 4.78 is 34.7. The van der Waals surface area contributed by atoms with Crippen LogP contribution in [0.5, 0.6) is 0 Å². The number of thiophene rings is 1. The molecule has 1 aliphatic rings. The Morgan fingerprint density at radius 3 is 2.89 bits per heavy atom. The summed E-state index contributed by atoms with van der Waals surface area (Å²) in [6, 6.07) is 8.02. The van der Waals surface area contributed by atoms with E-state index in [0.717, 1.165) is 41.4 Å². The molecule has 0 radical (unpaired) electrons. The molecule has 4 rings (SSSR count). The minimum Gasteiger partial charge on any atom is -0.376 e. The molecule has 1 aromatic carbocycles. The van der Waals surface area contributed by atoms with Crippen LogP contribution in [0.4, 0.5) is 8.78 Å². The van der Waals surface area contributed by atoms with Crippen LogP contribution in [0, 0.1) is 11.6 Å². The molecule has 0 saturated carbocycles. The summed E-state index contributed by atoms with van der Waals surface area (Å²) >= 11 is 3.10. The van der Waals surface area contributed by atoms with E-state index in [1.165, 1.54) is 17.8 Å². The smallest absolute Gasteiger partial charge is 0.192 e. The third-order valence-electron chi connectivity index (χ3n) is 4.56. The summed E-state index contributed by atoms with van der Waals surface area (Å²) in [5.74, 6) is -0.849. The minimum atomic E-state index is -0.836. The molecule has 8 heteroatoms. The molecule has 2 aromatic heterocycles. The predicted octanol–water partition coefficient (Wildman–Crippen LogP) is 5.32. The van der Waals surface area contributed by atoms with Gasteiger partial charge >= 0.3 is 0 Å². The van der Waals surface area contributed by atoms with Crippen molar-refractivity contribution in [3.63, 3.8) is 0 Å². The van der Waals surface area contributed by atoms with Crippen LogP contribution in [0.15, 0.2) is 40.9 Å². The maximum Gasteiger partial charge on any atom is 0.192 e. The molecule has 0 bridgehead atoms. The minimum absolute atomic E-state index is 0.0938. The van der Waals surface area contributed by atoms with Crippen molar-refractivity contribution in [2.45, 2.75) is 42.8 Å². The number of aromatic nitrogens is 3. The molecule has 1 saturated heterocycles. The van der Waals surface area contributed by atoms with E-state index < -0.39 is 11.6 Å². The van der Waals surface area contributed by atoms with E-state index in [9.17, 15) is 8.78 Å². The van der Waals surface area contributed by atoms with Gasteiger partial charge in [-0.1, -0.05) is 23.9 Å². The average molecular weight is 408 g/mol. The Morgan fingerprint density at radius 2 is 2.19 bits per heavy atom.